The van der Waals surface area contributed by atoms with Crippen LogP contribution in [0, 0.1) is 35.4 Å². The zero-order valence-corrected chi connectivity index (χ0v) is 13.9. The van der Waals surface area contributed by atoms with Crippen molar-refractivity contribution < 1.29 is 31.4 Å². The van der Waals surface area contributed by atoms with Crippen LogP contribution in [0.25, 0.3) is 0 Å². The fraction of sp³-hybridized carbons (Fsp3) is 0.0588. The summed E-state index contributed by atoms with van der Waals surface area (Å²) in [5.41, 5.74) is -0.616. The zero-order chi connectivity index (χ0) is 20.1. The lowest BCUT2D eigenvalue weighted by Gasteiger charge is -2.14. The fourth-order valence-electron chi connectivity index (χ4n) is 2.00. The smallest absolute Gasteiger partial charge is 0.224 e. The number of hydrogen-bond donors (Lipinski definition) is 1. The maximum Gasteiger partial charge on any atom is 0.224 e. The first kappa shape index (κ1) is 20.7. The number of aromatic nitrogens is 2. The molecule has 1 aromatic carbocycles. The molecule has 0 fully saturated rings. The van der Waals surface area contributed by atoms with Gasteiger partial charge in [-0.25, -0.2) is 8.78 Å². The first-order chi connectivity index (χ1) is 12.7. The summed E-state index contributed by atoms with van der Waals surface area (Å²) >= 11 is 5.81. The van der Waals surface area contributed by atoms with Crippen molar-refractivity contribution in [2.75, 3.05) is 0 Å². The van der Waals surface area contributed by atoms with Gasteiger partial charge in [0.05, 0.1) is 5.56 Å². The number of rotatable bonds is 2. The fourth-order valence-corrected chi connectivity index (χ4v) is 2.24. The molecule has 1 atom stereocenters. The lowest BCUT2D eigenvalue weighted by molar-refractivity contribution is 0.206. The van der Waals surface area contributed by atoms with E-state index in [-0.39, 0.29) is 10.6 Å². The molecule has 0 aliphatic rings. The van der Waals surface area contributed by atoms with E-state index < -0.39 is 47.1 Å². The number of nitrogens with zero attached hydrogens (tertiary/aromatic N) is 2. The van der Waals surface area contributed by atoms with E-state index in [1.165, 1.54) is 12.1 Å². The first-order valence-corrected chi connectivity index (χ1v) is 7.49. The van der Waals surface area contributed by atoms with E-state index in [9.17, 15) is 31.4 Å². The second-order valence-electron chi connectivity index (χ2n) is 4.99. The van der Waals surface area contributed by atoms with Gasteiger partial charge in [0.15, 0.2) is 0 Å². The van der Waals surface area contributed by atoms with Gasteiger partial charge in [0.1, 0.15) is 17.7 Å². The summed E-state index contributed by atoms with van der Waals surface area (Å²) in [6.45, 7) is 0. The summed E-state index contributed by atoms with van der Waals surface area (Å²) < 4.78 is 75.1. The molecule has 0 aliphatic carbocycles. The average Bonchev–Trinajstić information content (AvgIpc) is 2.53. The van der Waals surface area contributed by atoms with Gasteiger partial charge in [-0.1, -0.05) is 29.8 Å². The first-order valence-electron chi connectivity index (χ1n) is 7.11. The lowest BCUT2D eigenvalue weighted by atomic mass is 10.0. The molecule has 27 heavy (non-hydrogen) atoms. The highest BCUT2D eigenvalue weighted by molar-refractivity contribution is 6.31. The topological polar surface area (TPSA) is 46.0 Å². The molecule has 3 rings (SSSR count). The Balaban J connectivity index is 0.000000244. The molecule has 0 radical (unpaired) electrons. The molecule has 0 bridgehead atoms. The van der Waals surface area contributed by atoms with Crippen LogP contribution in [0.1, 0.15) is 17.2 Å². The van der Waals surface area contributed by atoms with Crippen molar-refractivity contribution in [2.45, 2.75) is 6.10 Å². The third-order valence-electron chi connectivity index (χ3n) is 3.13. The Morgan fingerprint density at radius 3 is 1.89 bits per heavy atom. The summed E-state index contributed by atoms with van der Waals surface area (Å²) in [6, 6.07) is 7.44. The molecule has 0 saturated carbocycles. The molecule has 10 heteroatoms. The SMILES string of the molecule is Fc1cc(F)nc(F)c1.OC(c1ccccc1Cl)c1c(F)cc(F)nc1F. The van der Waals surface area contributed by atoms with Crippen molar-refractivity contribution >= 4 is 11.6 Å². The second kappa shape index (κ2) is 8.83. The van der Waals surface area contributed by atoms with Crippen molar-refractivity contribution in [1.29, 1.82) is 0 Å². The highest BCUT2D eigenvalue weighted by Crippen LogP contribution is 2.30. The average molecular weight is 407 g/mol. The molecule has 1 N–H and O–H groups in total. The lowest BCUT2D eigenvalue weighted by Crippen LogP contribution is -2.09. The summed E-state index contributed by atoms with van der Waals surface area (Å²) in [5.74, 6) is -7.16. The quantitative estimate of drug-likeness (QED) is 0.494. The number of halogens is 7. The van der Waals surface area contributed by atoms with Crippen LogP contribution >= 0.6 is 11.6 Å². The van der Waals surface area contributed by atoms with Gasteiger partial charge in [0.25, 0.3) is 0 Å². The van der Waals surface area contributed by atoms with E-state index in [2.05, 4.69) is 9.97 Å². The molecule has 1 unspecified atom stereocenters. The summed E-state index contributed by atoms with van der Waals surface area (Å²) in [5, 5.41) is 10.0. The minimum atomic E-state index is -1.65. The van der Waals surface area contributed by atoms with E-state index in [1.54, 1.807) is 12.1 Å². The molecule has 2 aromatic heterocycles. The van der Waals surface area contributed by atoms with Gasteiger partial charge in [0, 0.05) is 28.8 Å². The molecule has 142 valence electrons. The van der Waals surface area contributed by atoms with Gasteiger partial charge in [-0.05, 0) is 6.07 Å². The minimum absolute atomic E-state index is 0.116. The number of aliphatic hydroxyl groups is 1. The van der Waals surface area contributed by atoms with E-state index >= 15 is 0 Å². The molecule has 3 nitrogen and oxygen atoms in total. The predicted molar refractivity (Wildman–Crippen MR) is 83.7 cm³/mol. The summed E-state index contributed by atoms with van der Waals surface area (Å²) in [4.78, 5) is 5.50. The van der Waals surface area contributed by atoms with Crippen LogP contribution in [0.4, 0.5) is 26.3 Å². The Hall–Kier alpha value is -2.65. The Bertz CT molecular complexity index is 883. The number of benzene rings is 1. The Kier molecular flexibility index (Phi) is 6.75. The second-order valence-corrected chi connectivity index (χ2v) is 5.39. The number of aliphatic hydroxyl groups excluding tert-OH is 1. The summed E-state index contributed by atoms with van der Waals surface area (Å²) in [6.07, 6.45) is -1.65. The Morgan fingerprint density at radius 2 is 1.37 bits per heavy atom. The Labute approximate surface area is 153 Å². The monoisotopic (exact) mass is 406 g/mol. The number of hydrogen-bond acceptors (Lipinski definition) is 3. The van der Waals surface area contributed by atoms with E-state index in [1.807, 2.05) is 0 Å². The van der Waals surface area contributed by atoms with Gasteiger partial charge in [-0.3, -0.25) is 0 Å². The molecule has 3 aromatic rings. The highest BCUT2D eigenvalue weighted by Gasteiger charge is 2.23. The van der Waals surface area contributed by atoms with Crippen LogP contribution in [0.2, 0.25) is 5.02 Å². The standard InChI is InChI=1S/C12H7ClF3NO.C5H2F3N/c13-7-4-2-1-3-6(7)11(18)10-8(14)5-9(15)17-12(10)16;6-3-1-4(7)9-5(8)2-3/h1-5,11,18H;1-2H. The van der Waals surface area contributed by atoms with Crippen LogP contribution in [0.5, 0.6) is 0 Å². The van der Waals surface area contributed by atoms with E-state index in [0.29, 0.717) is 18.2 Å². The highest BCUT2D eigenvalue weighted by atomic mass is 35.5. The predicted octanol–water partition coefficient (Wildman–Crippen LogP) is 4.73. The van der Waals surface area contributed by atoms with Crippen LogP contribution in [0.3, 0.4) is 0 Å². The van der Waals surface area contributed by atoms with Crippen molar-refractivity contribution in [3.63, 3.8) is 0 Å². The molecule has 0 saturated heterocycles. The van der Waals surface area contributed by atoms with Gasteiger partial charge >= 0.3 is 0 Å². The maximum absolute atomic E-state index is 13.5. The molecular weight excluding hydrogens is 398 g/mol. The van der Waals surface area contributed by atoms with Gasteiger partial charge < -0.3 is 5.11 Å². The zero-order valence-electron chi connectivity index (χ0n) is 13.1. The summed E-state index contributed by atoms with van der Waals surface area (Å²) in [7, 11) is 0. The third-order valence-corrected chi connectivity index (χ3v) is 3.48. The van der Waals surface area contributed by atoms with Gasteiger partial charge in [0.2, 0.25) is 23.8 Å². The molecule has 0 aliphatic heterocycles. The maximum atomic E-state index is 13.5. The van der Waals surface area contributed by atoms with Gasteiger partial charge in [-0.15, -0.1) is 0 Å². The molecular formula is C17H9ClF6N2O. The van der Waals surface area contributed by atoms with E-state index in [0.717, 1.165) is 0 Å². The normalized spacial score (nSPS) is 11.6. The molecule has 0 amide bonds. The van der Waals surface area contributed by atoms with Crippen molar-refractivity contribution in [2.24, 2.45) is 0 Å². The van der Waals surface area contributed by atoms with Crippen LogP contribution in [0.15, 0.2) is 42.5 Å². The van der Waals surface area contributed by atoms with Crippen LogP contribution in [-0.4, -0.2) is 15.1 Å². The molecule has 2 heterocycles. The minimum Gasteiger partial charge on any atom is -0.383 e. The Morgan fingerprint density at radius 1 is 0.815 bits per heavy atom. The third kappa shape index (κ3) is 5.41. The van der Waals surface area contributed by atoms with Crippen molar-refractivity contribution in [1.82, 2.24) is 9.97 Å². The van der Waals surface area contributed by atoms with Crippen LogP contribution < -0.4 is 0 Å². The van der Waals surface area contributed by atoms with Crippen molar-refractivity contribution in [3.05, 3.63) is 94.0 Å². The molecule has 0 spiro atoms. The van der Waals surface area contributed by atoms with Gasteiger partial charge in [-0.2, -0.15) is 27.5 Å². The largest absolute Gasteiger partial charge is 0.383 e. The van der Waals surface area contributed by atoms with Crippen LogP contribution in [-0.2, 0) is 0 Å². The van der Waals surface area contributed by atoms with Crippen molar-refractivity contribution in [3.8, 4) is 0 Å². The van der Waals surface area contributed by atoms with E-state index in [4.69, 9.17) is 11.6 Å². The number of pyridine rings is 2.